The van der Waals surface area contributed by atoms with Crippen LogP contribution in [0.2, 0.25) is 0 Å². The van der Waals surface area contributed by atoms with Crippen LogP contribution in [0.3, 0.4) is 0 Å². The van der Waals surface area contributed by atoms with Gasteiger partial charge in [-0.2, -0.15) is 0 Å². The van der Waals surface area contributed by atoms with Gasteiger partial charge in [-0.25, -0.2) is 0 Å². The van der Waals surface area contributed by atoms with Crippen LogP contribution >= 0.6 is 0 Å². The van der Waals surface area contributed by atoms with Gasteiger partial charge in [-0.3, -0.25) is 9.59 Å². The molecular formula is C16H28N2O3. The van der Waals surface area contributed by atoms with Crippen LogP contribution in [0.1, 0.15) is 46.5 Å². The van der Waals surface area contributed by atoms with E-state index >= 15 is 0 Å². The Labute approximate surface area is 126 Å². The molecule has 1 saturated carbocycles. The van der Waals surface area contributed by atoms with Crippen molar-refractivity contribution in [1.82, 2.24) is 10.6 Å². The van der Waals surface area contributed by atoms with Gasteiger partial charge in [0.15, 0.2) is 0 Å². The molecule has 1 saturated heterocycles. The van der Waals surface area contributed by atoms with Crippen LogP contribution in [0.15, 0.2) is 0 Å². The third-order valence-electron chi connectivity index (χ3n) is 5.72. The summed E-state index contributed by atoms with van der Waals surface area (Å²) in [7, 11) is 0. The first-order valence-corrected chi connectivity index (χ1v) is 8.05. The summed E-state index contributed by atoms with van der Waals surface area (Å²) in [5.41, 5.74) is -0.295. The van der Waals surface area contributed by atoms with Crippen molar-refractivity contribution in [1.29, 1.82) is 0 Å². The molecule has 2 rings (SSSR count). The highest BCUT2D eigenvalue weighted by molar-refractivity contribution is 5.77. The summed E-state index contributed by atoms with van der Waals surface area (Å²) in [5, 5.41) is 15.8. The van der Waals surface area contributed by atoms with Gasteiger partial charge in [0.05, 0.1) is 5.92 Å². The maximum atomic E-state index is 12.2. The van der Waals surface area contributed by atoms with Crippen molar-refractivity contribution in [3.8, 4) is 0 Å². The van der Waals surface area contributed by atoms with Crippen LogP contribution in [0, 0.1) is 23.2 Å². The van der Waals surface area contributed by atoms with E-state index < -0.39 is 5.97 Å². The Morgan fingerprint density at radius 1 is 1.29 bits per heavy atom. The Kier molecular flexibility index (Phi) is 4.91. The Morgan fingerprint density at radius 3 is 2.57 bits per heavy atom. The van der Waals surface area contributed by atoms with Gasteiger partial charge in [-0.1, -0.05) is 20.8 Å². The van der Waals surface area contributed by atoms with Gasteiger partial charge < -0.3 is 15.7 Å². The van der Waals surface area contributed by atoms with Crippen molar-refractivity contribution < 1.29 is 14.7 Å². The van der Waals surface area contributed by atoms with Crippen molar-refractivity contribution in [2.75, 3.05) is 13.1 Å². The molecule has 2 fully saturated rings. The Morgan fingerprint density at radius 2 is 2.00 bits per heavy atom. The number of amides is 1. The second-order valence-electron chi connectivity index (χ2n) is 7.32. The predicted octanol–water partition coefficient (Wildman–Crippen LogP) is 1.63. The second kappa shape index (κ2) is 6.34. The summed E-state index contributed by atoms with van der Waals surface area (Å²) in [4.78, 5) is 23.6. The maximum Gasteiger partial charge on any atom is 0.307 e. The average molecular weight is 296 g/mol. The molecule has 0 radical (unpaired) electrons. The SMILES string of the molecule is CC1C(NC(=O)CC2CCNC2)CCC(C(=O)O)C1(C)C. The largest absolute Gasteiger partial charge is 0.481 e. The summed E-state index contributed by atoms with van der Waals surface area (Å²) in [6, 6.07) is 0.0949. The monoisotopic (exact) mass is 296 g/mol. The molecule has 4 atom stereocenters. The van der Waals surface area contributed by atoms with E-state index in [1.54, 1.807) is 0 Å². The van der Waals surface area contributed by atoms with E-state index in [0.29, 0.717) is 18.8 Å². The lowest BCUT2D eigenvalue weighted by Gasteiger charge is -2.46. The maximum absolute atomic E-state index is 12.2. The number of nitrogens with one attached hydrogen (secondary N) is 2. The number of rotatable bonds is 4. The van der Waals surface area contributed by atoms with E-state index in [4.69, 9.17) is 0 Å². The van der Waals surface area contributed by atoms with Gasteiger partial charge in [0.2, 0.25) is 5.91 Å². The lowest BCUT2D eigenvalue weighted by Crippen LogP contribution is -2.52. The lowest BCUT2D eigenvalue weighted by molar-refractivity contribution is -0.150. The third kappa shape index (κ3) is 3.57. The summed E-state index contributed by atoms with van der Waals surface area (Å²) in [5.74, 6) is -0.305. The highest BCUT2D eigenvalue weighted by Gasteiger charge is 2.46. The van der Waals surface area contributed by atoms with Gasteiger partial charge in [0, 0.05) is 12.5 Å². The highest BCUT2D eigenvalue weighted by Crippen LogP contribution is 2.45. The summed E-state index contributed by atoms with van der Waals surface area (Å²) in [6.45, 7) is 8.02. The number of carboxylic acids is 1. The van der Waals surface area contributed by atoms with Crippen LogP contribution in [0.4, 0.5) is 0 Å². The zero-order chi connectivity index (χ0) is 15.6. The number of carbonyl (C=O) groups excluding carboxylic acids is 1. The van der Waals surface area contributed by atoms with E-state index in [9.17, 15) is 14.7 Å². The number of hydrogen-bond donors (Lipinski definition) is 3. The van der Waals surface area contributed by atoms with Crippen molar-refractivity contribution in [2.45, 2.75) is 52.5 Å². The smallest absolute Gasteiger partial charge is 0.307 e. The first-order valence-electron chi connectivity index (χ1n) is 8.05. The molecule has 1 amide bonds. The molecular weight excluding hydrogens is 268 g/mol. The van der Waals surface area contributed by atoms with E-state index in [2.05, 4.69) is 17.6 Å². The molecule has 0 aromatic carbocycles. The minimum atomic E-state index is -0.714. The standard InChI is InChI=1S/C16H28N2O3/c1-10-13(5-4-12(15(20)21)16(10,2)3)18-14(19)8-11-6-7-17-9-11/h10-13,17H,4-9H2,1-3H3,(H,18,19)(H,20,21). The minimum absolute atomic E-state index is 0.0949. The number of hydrogen-bond acceptors (Lipinski definition) is 3. The van der Waals surface area contributed by atoms with Gasteiger partial charge in [0.25, 0.3) is 0 Å². The third-order valence-corrected chi connectivity index (χ3v) is 5.72. The molecule has 2 aliphatic rings. The van der Waals surface area contributed by atoms with Gasteiger partial charge in [0.1, 0.15) is 0 Å². The molecule has 3 N–H and O–H groups in total. The minimum Gasteiger partial charge on any atom is -0.481 e. The Balaban J connectivity index is 1.92. The van der Waals surface area contributed by atoms with Crippen LogP contribution in [0.25, 0.3) is 0 Å². The molecule has 5 heteroatoms. The Bertz CT molecular complexity index is 402. The van der Waals surface area contributed by atoms with Gasteiger partial charge >= 0.3 is 5.97 Å². The van der Waals surface area contributed by atoms with Crippen molar-refractivity contribution in [3.63, 3.8) is 0 Å². The Hall–Kier alpha value is -1.10. The van der Waals surface area contributed by atoms with Gasteiger partial charge in [-0.15, -0.1) is 0 Å². The van der Waals surface area contributed by atoms with Crippen LogP contribution in [-0.2, 0) is 9.59 Å². The van der Waals surface area contributed by atoms with E-state index in [-0.39, 0.29) is 29.2 Å². The molecule has 0 aromatic heterocycles. The molecule has 1 heterocycles. The summed E-state index contributed by atoms with van der Waals surface area (Å²) >= 11 is 0. The molecule has 21 heavy (non-hydrogen) atoms. The van der Waals surface area contributed by atoms with Gasteiger partial charge in [-0.05, 0) is 49.6 Å². The molecule has 0 bridgehead atoms. The quantitative estimate of drug-likeness (QED) is 0.737. The zero-order valence-corrected chi connectivity index (χ0v) is 13.3. The first kappa shape index (κ1) is 16.3. The topological polar surface area (TPSA) is 78.4 Å². The number of carboxylic acid groups (broad SMARTS) is 1. The molecule has 1 aliphatic heterocycles. The molecule has 5 nitrogen and oxygen atoms in total. The van der Waals surface area contributed by atoms with E-state index in [1.807, 2.05) is 13.8 Å². The molecule has 4 unspecified atom stereocenters. The number of carbonyl (C=O) groups is 2. The van der Waals surface area contributed by atoms with Crippen LogP contribution in [0.5, 0.6) is 0 Å². The van der Waals surface area contributed by atoms with Crippen LogP contribution < -0.4 is 10.6 Å². The molecule has 1 aliphatic carbocycles. The zero-order valence-electron chi connectivity index (χ0n) is 13.3. The van der Waals surface area contributed by atoms with Crippen LogP contribution in [-0.4, -0.2) is 36.1 Å². The molecule has 0 spiro atoms. The van der Waals surface area contributed by atoms with Crippen molar-refractivity contribution in [2.24, 2.45) is 23.2 Å². The number of aliphatic carboxylic acids is 1. The lowest BCUT2D eigenvalue weighted by atomic mass is 9.61. The summed E-state index contributed by atoms with van der Waals surface area (Å²) in [6.07, 6.45) is 3.05. The van der Waals surface area contributed by atoms with Crippen molar-refractivity contribution >= 4 is 11.9 Å². The predicted molar refractivity (Wildman–Crippen MR) is 80.8 cm³/mol. The van der Waals surface area contributed by atoms with E-state index in [1.165, 1.54) is 0 Å². The highest BCUT2D eigenvalue weighted by atomic mass is 16.4. The second-order valence-corrected chi connectivity index (χ2v) is 7.32. The van der Waals surface area contributed by atoms with Crippen molar-refractivity contribution in [3.05, 3.63) is 0 Å². The average Bonchev–Trinajstić information content (AvgIpc) is 2.87. The summed E-state index contributed by atoms with van der Waals surface area (Å²) < 4.78 is 0. The fourth-order valence-electron chi connectivity index (χ4n) is 3.86. The fraction of sp³-hybridized carbons (Fsp3) is 0.875. The fourth-order valence-corrected chi connectivity index (χ4v) is 3.86. The van der Waals surface area contributed by atoms with E-state index in [0.717, 1.165) is 25.9 Å². The molecule has 0 aromatic rings. The first-order chi connectivity index (χ1) is 9.82. The normalized spacial score (nSPS) is 35.4. The molecule has 120 valence electrons.